The Morgan fingerprint density at radius 1 is 1.29 bits per heavy atom. The van der Waals surface area contributed by atoms with Crippen LogP contribution < -0.4 is 0 Å². The summed E-state index contributed by atoms with van der Waals surface area (Å²) < 4.78 is 0. The molecule has 0 aliphatic heterocycles. The Bertz CT molecular complexity index is 470. The Balaban J connectivity index is 2.03. The third-order valence-corrected chi connectivity index (χ3v) is 3.83. The maximum atomic E-state index is 12.8. The number of rotatable bonds is 6. The molecule has 4 heteroatoms. The summed E-state index contributed by atoms with van der Waals surface area (Å²) in [5.74, 6) is 0.410. The molecule has 0 saturated carbocycles. The molecule has 1 aliphatic carbocycles. The Labute approximate surface area is 127 Å². The lowest BCUT2D eigenvalue weighted by atomic mass is 9.93. The zero-order chi connectivity index (χ0) is 15.1. The van der Waals surface area contributed by atoms with E-state index >= 15 is 0 Å². The molecular formula is C17H25N3O. The van der Waals surface area contributed by atoms with Crippen LogP contribution in [0.15, 0.2) is 36.5 Å². The molecule has 0 spiro atoms. The number of nitrogens with zero attached hydrogens (tertiary/aromatic N) is 3. The van der Waals surface area contributed by atoms with Crippen LogP contribution in [0.5, 0.6) is 0 Å². The number of carbonyl (C=O) groups is 1. The number of hydrogen-bond acceptors (Lipinski definition) is 3. The van der Waals surface area contributed by atoms with Gasteiger partial charge in [0.15, 0.2) is 0 Å². The second kappa shape index (κ2) is 7.93. The van der Waals surface area contributed by atoms with Crippen molar-refractivity contribution in [3.63, 3.8) is 0 Å². The van der Waals surface area contributed by atoms with Crippen molar-refractivity contribution in [2.24, 2.45) is 5.92 Å². The second-order valence-electron chi connectivity index (χ2n) is 5.87. The van der Waals surface area contributed by atoms with Crippen LogP contribution in [0.25, 0.3) is 0 Å². The van der Waals surface area contributed by atoms with Gasteiger partial charge >= 0.3 is 0 Å². The van der Waals surface area contributed by atoms with Crippen molar-refractivity contribution in [3.8, 4) is 0 Å². The van der Waals surface area contributed by atoms with Crippen molar-refractivity contribution in [1.29, 1.82) is 0 Å². The molecule has 1 aromatic heterocycles. The molecule has 0 N–H and O–H groups in total. The number of carbonyl (C=O) groups excluding carboxylic acids is 1. The van der Waals surface area contributed by atoms with E-state index in [1.165, 1.54) is 0 Å². The fourth-order valence-corrected chi connectivity index (χ4v) is 2.55. The van der Waals surface area contributed by atoms with Crippen molar-refractivity contribution < 1.29 is 4.79 Å². The van der Waals surface area contributed by atoms with Gasteiger partial charge in [0.1, 0.15) is 0 Å². The lowest BCUT2D eigenvalue weighted by Gasteiger charge is -2.29. The van der Waals surface area contributed by atoms with Crippen LogP contribution in [-0.4, -0.2) is 47.9 Å². The average Bonchev–Trinajstić information content (AvgIpc) is 2.52. The minimum Gasteiger partial charge on any atom is -0.335 e. The summed E-state index contributed by atoms with van der Waals surface area (Å²) in [6.45, 7) is 2.23. The van der Waals surface area contributed by atoms with E-state index in [0.29, 0.717) is 6.54 Å². The number of amides is 1. The van der Waals surface area contributed by atoms with E-state index in [0.717, 1.165) is 38.0 Å². The van der Waals surface area contributed by atoms with Crippen LogP contribution in [0.3, 0.4) is 0 Å². The van der Waals surface area contributed by atoms with Crippen LogP contribution in [0.4, 0.5) is 0 Å². The first-order valence-corrected chi connectivity index (χ1v) is 7.65. The van der Waals surface area contributed by atoms with E-state index in [1.807, 2.05) is 37.2 Å². The zero-order valence-electron chi connectivity index (χ0n) is 13.0. The van der Waals surface area contributed by atoms with Gasteiger partial charge in [0.2, 0.25) is 5.91 Å². The van der Waals surface area contributed by atoms with Gasteiger partial charge in [0.05, 0.1) is 12.2 Å². The van der Waals surface area contributed by atoms with Crippen molar-refractivity contribution in [2.75, 3.05) is 27.2 Å². The minimum atomic E-state index is 0.140. The molecule has 1 atom stereocenters. The minimum absolute atomic E-state index is 0.140. The summed E-state index contributed by atoms with van der Waals surface area (Å²) in [4.78, 5) is 21.2. The molecular weight excluding hydrogens is 262 g/mol. The van der Waals surface area contributed by atoms with Gasteiger partial charge in [-0.2, -0.15) is 0 Å². The molecule has 1 heterocycles. The Morgan fingerprint density at radius 2 is 2.14 bits per heavy atom. The van der Waals surface area contributed by atoms with Gasteiger partial charge in [-0.05, 0) is 45.5 Å². The van der Waals surface area contributed by atoms with Gasteiger partial charge in [0.25, 0.3) is 0 Å². The SMILES string of the molecule is CN(C)CCN(Cc1ccccn1)C(=O)[C@H]1CC=CCC1. The number of hydrogen-bond donors (Lipinski definition) is 0. The highest BCUT2D eigenvalue weighted by molar-refractivity contribution is 5.79. The van der Waals surface area contributed by atoms with Crippen LogP contribution >= 0.6 is 0 Å². The summed E-state index contributed by atoms with van der Waals surface area (Å²) in [6.07, 6.45) is 8.95. The third-order valence-electron chi connectivity index (χ3n) is 3.83. The largest absolute Gasteiger partial charge is 0.335 e. The molecule has 0 bridgehead atoms. The summed E-state index contributed by atoms with van der Waals surface area (Å²) in [7, 11) is 4.07. The van der Waals surface area contributed by atoms with E-state index in [4.69, 9.17) is 0 Å². The molecule has 0 radical (unpaired) electrons. The van der Waals surface area contributed by atoms with Gasteiger partial charge in [-0.25, -0.2) is 0 Å². The molecule has 21 heavy (non-hydrogen) atoms. The van der Waals surface area contributed by atoms with Gasteiger partial charge in [0, 0.05) is 25.2 Å². The Hall–Kier alpha value is -1.68. The first-order chi connectivity index (χ1) is 10.2. The summed E-state index contributed by atoms with van der Waals surface area (Å²) >= 11 is 0. The number of aromatic nitrogens is 1. The zero-order valence-corrected chi connectivity index (χ0v) is 13.0. The highest BCUT2D eigenvalue weighted by Crippen LogP contribution is 2.21. The smallest absolute Gasteiger partial charge is 0.226 e. The van der Waals surface area contributed by atoms with Gasteiger partial charge in [-0.3, -0.25) is 9.78 Å². The lowest BCUT2D eigenvalue weighted by molar-refractivity contribution is -0.136. The molecule has 0 aromatic carbocycles. The summed E-state index contributed by atoms with van der Waals surface area (Å²) in [5, 5.41) is 0. The van der Waals surface area contributed by atoms with E-state index in [9.17, 15) is 4.79 Å². The van der Waals surface area contributed by atoms with E-state index in [-0.39, 0.29) is 11.8 Å². The molecule has 0 unspecified atom stereocenters. The van der Waals surface area contributed by atoms with Crippen molar-refractivity contribution in [1.82, 2.24) is 14.8 Å². The molecule has 0 fully saturated rings. The quantitative estimate of drug-likeness (QED) is 0.754. The van der Waals surface area contributed by atoms with Crippen molar-refractivity contribution in [3.05, 3.63) is 42.2 Å². The highest BCUT2D eigenvalue weighted by atomic mass is 16.2. The molecule has 0 saturated heterocycles. The average molecular weight is 287 g/mol. The topological polar surface area (TPSA) is 36.4 Å². The van der Waals surface area contributed by atoms with Gasteiger partial charge in [-0.15, -0.1) is 0 Å². The fraction of sp³-hybridized carbons (Fsp3) is 0.529. The maximum absolute atomic E-state index is 12.8. The molecule has 1 aromatic rings. The number of allylic oxidation sites excluding steroid dienone is 2. The second-order valence-corrected chi connectivity index (χ2v) is 5.87. The maximum Gasteiger partial charge on any atom is 0.226 e. The molecule has 2 rings (SSSR count). The van der Waals surface area contributed by atoms with Gasteiger partial charge in [-0.1, -0.05) is 18.2 Å². The number of likely N-dealkylation sites (N-methyl/N-ethyl adjacent to an activating group) is 1. The number of pyridine rings is 1. The molecule has 1 amide bonds. The highest BCUT2D eigenvalue weighted by Gasteiger charge is 2.24. The lowest BCUT2D eigenvalue weighted by Crippen LogP contribution is -2.40. The first-order valence-electron chi connectivity index (χ1n) is 7.65. The predicted molar refractivity (Wildman–Crippen MR) is 84.7 cm³/mol. The van der Waals surface area contributed by atoms with Crippen molar-refractivity contribution >= 4 is 5.91 Å². The van der Waals surface area contributed by atoms with Crippen LogP contribution in [-0.2, 0) is 11.3 Å². The first kappa shape index (κ1) is 15.7. The molecule has 1 aliphatic rings. The monoisotopic (exact) mass is 287 g/mol. The van der Waals surface area contributed by atoms with E-state index in [1.54, 1.807) is 6.20 Å². The van der Waals surface area contributed by atoms with E-state index in [2.05, 4.69) is 22.0 Å². The van der Waals surface area contributed by atoms with Crippen LogP contribution in [0.2, 0.25) is 0 Å². The Morgan fingerprint density at radius 3 is 2.76 bits per heavy atom. The fourth-order valence-electron chi connectivity index (χ4n) is 2.55. The van der Waals surface area contributed by atoms with Crippen molar-refractivity contribution in [2.45, 2.75) is 25.8 Å². The Kier molecular flexibility index (Phi) is 5.93. The van der Waals surface area contributed by atoms with Gasteiger partial charge < -0.3 is 9.80 Å². The normalized spacial score (nSPS) is 18.0. The van der Waals surface area contributed by atoms with E-state index < -0.39 is 0 Å². The van der Waals surface area contributed by atoms with Crippen LogP contribution in [0.1, 0.15) is 25.0 Å². The van der Waals surface area contributed by atoms with Crippen LogP contribution in [0, 0.1) is 5.92 Å². The molecule has 4 nitrogen and oxygen atoms in total. The molecule has 114 valence electrons. The summed E-state index contributed by atoms with van der Waals surface area (Å²) in [5.41, 5.74) is 0.955. The standard InChI is InChI=1S/C17H25N3O/c1-19(2)12-13-20(14-16-10-6-7-11-18-16)17(21)15-8-4-3-5-9-15/h3-4,6-7,10-11,15H,5,8-9,12-14H2,1-2H3/t15-/m0/s1. The third kappa shape index (κ3) is 4.97. The predicted octanol–water partition coefficient (Wildman–Crippen LogP) is 2.33. The summed E-state index contributed by atoms with van der Waals surface area (Å²) in [6, 6.07) is 5.86.